The molecule has 0 heterocycles. The van der Waals surface area contributed by atoms with Crippen LogP contribution < -0.4 is 9.47 Å². The highest BCUT2D eigenvalue weighted by Gasteiger charge is 2.38. The van der Waals surface area contributed by atoms with Crippen LogP contribution in [0.3, 0.4) is 0 Å². The van der Waals surface area contributed by atoms with Crippen LogP contribution in [0.4, 0.5) is 0 Å². The van der Waals surface area contributed by atoms with Crippen LogP contribution in [0.2, 0.25) is 0 Å². The predicted molar refractivity (Wildman–Crippen MR) is 260 cm³/mol. The lowest BCUT2D eigenvalue weighted by atomic mass is 9.65. The highest BCUT2D eigenvalue weighted by Crippen LogP contribution is 2.45. The summed E-state index contributed by atoms with van der Waals surface area (Å²) in [6.45, 7) is 14.5. The summed E-state index contributed by atoms with van der Waals surface area (Å²) < 4.78 is 51.1. The van der Waals surface area contributed by atoms with Crippen molar-refractivity contribution >= 4 is 0 Å². The molecule has 0 saturated carbocycles. The number of hydrogen-bond acceptors (Lipinski definition) is 10. The number of aliphatic hydroxyl groups is 1. The Bertz CT molecular complexity index is 1960. The van der Waals surface area contributed by atoms with E-state index >= 15 is 0 Å². The van der Waals surface area contributed by atoms with Gasteiger partial charge in [-0.2, -0.15) is 0 Å². The van der Waals surface area contributed by atoms with Gasteiger partial charge in [0.15, 0.2) is 0 Å². The summed E-state index contributed by atoms with van der Waals surface area (Å²) in [4.78, 5) is 0. The highest BCUT2D eigenvalue weighted by atomic mass is 16.6. The number of aliphatic hydroxyl groups excluding tert-OH is 1. The van der Waals surface area contributed by atoms with E-state index in [1.54, 1.807) is 0 Å². The van der Waals surface area contributed by atoms with Crippen LogP contribution in [0.15, 0.2) is 121 Å². The molecule has 0 atom stereocenters. The van der Waals surface area contributed by atoms with Crippen LogP contribution in [0, 0.1) is 32.6 Å². The summed E-state index contributed by atoms with van der Waals surface area (Å²) in [5, 5.41) is 8.59. The molecule has 354 valence electrons. The SMILES string of the molecule is Cc1ccc(C(c2ccc(C)cc2)(c2ccc(C)cc2)c2ccc(OCCOCCOCCOc3ccc(CCCOCCOCCOCCOCCOCCC#CCO)cc3)cc2)cc1. The Balaban J connectivity index is 0.877. The number of hydrogen-bond donors (Lipinski definition) is 1. The van der Waals surface area contributed by atoms with Crippen LogP contribution in [-0.4, -0.2) is 117 Å². The van der Waals surface area contributed by atoms with Crippen LogP contribution in [0.25, 0.3) is 0 Å². The third-order valence-electron chi connectivity index (χ3n) is 10.8. The fourth-order valence-electron chi connectivity index (χ4n) is 7.35. The molecule has 0 amide bonds. The predicted octanol–water partition coefficient (Wildman–Crippen LogP) is 8.89. The van der Waals surface area contributed by atoms with Gasteiger partial charge in [0.05, 0.1) is 91.3 Å². The van der Waals surface area contributed by atoms with Gasteiger partial charge in [0.1, 0.15) is 31.3 Å². The van der Waals surface area contributed by atoms with Crippen molar-refractivity contribution in [3.63, 3.8) is 0 Å². The Morgan fingerprint density at radius 1 is 0.364 bits per heavy atom. The smallest absolute Gasteiger partial charge is 0.119 e. The van der Waals surface area contributed by atoms with Crippen molar-refractivity contribution in [2.75, 3.05) is 112 Å². The summed E-state index contributed by atoms with van der Waals surface area (Å²) in [6, 6.07) is 43.4. The second kappa shape index (κ2) is 31.0. The first-order valence-electron chi connectivity index (χ1n) is 23.3. The molecular formula is C56H70O10. The maximum atomic E-state index is 8.59. The lowest BCUT2D eigenvalue weighted by Crippen LogP contribution is -2.31. The van der Waals surface area contributed by atoms with Gasteiger partial charge in [-0.15, -0.1) is 0 Å². The summed E-state index contributed by atoms with van der Waals surface area (Å²) in [5.41, 5.74) is 9.26. The zero-order valence-electron chi connectivity index (χ0n) is 39.3. The quantitative estimate of drug-likeness (QED) is 0.0250. The molecule has 0 radical (unpaired) electrons. The fourth-order valence-corrected chi connectivity index (χ4v) is 7.35. The maximum Gasteiger partial charge on any atom is 0.119 e. The lowest BCUT2D eigenvalue weighted by Gasteiger charge is -2.37. The van der Waals surface area contributed by atoms with E-state index in [-0.39, 0.29) is 6.61 Å². The van der Waals surface area contributed by atoms with E-state index < -0.39 is 5.41 Å². The van der Waals surface area contributed by atoms with Gasteiger partial charge in [-0.25, -0.2) is 0 Å². The first-order chi connectivity index (χ1) is 32.5. The molecule has 0 fully saturated rings. The van der Waals surface area contributed by atoms with Gasteiger partial charge in [0.25, 0.3) is 0 Å². The van der Waals surface area contributed by atoms with Gasteiger partial charge < -0.3 is 47.7 Å². The van der Waals surface area contributed by atoms with Gasteiger partial charge in [0, 0.05) is 13.0 Å². The minimum absolute atomic E-state index is 0.115. The highest BCUT2D eigenvalue weighted by molar-refractivity contribution is 5.60. The van der Waals surface area contributed by atoms with Crippen molar-refractivity contribution in [2.45, 2.75) is 45.4 Å². The van der Waals surface area contributed by atoms with E-state index in [2.05, 4.69) is 142 Å². The third kappa shape index (κ3) is 18.3. The Labute approximate surface area is 393 Å². The molecule has 5 aromatic carbocycles. The standard InChI is InChI=1S/C56H70O10/c1-46-9-17-50(18-10-46)56(51-19-11-47(2)12-20-51,52-21-13-48(3)14-22-52)53-23-27-55(28-24-53)66-45-43-64-41-40-63-42-44-65-54-25-15-49(16-26-54)8-7-31-59-33-35-61-37-39-62-38-36-60-34-32-58-30-6-4-5-29-57/h9-28,57H,6-8,29-45H2,1-3H3. The van der Waals surface area contributed by atoms with Gasteiger partial charge in [-0.05, 0) is 85.7 Å². The fraction of sp³-hybridized carbons (Fsp3) is 0.429. The first-order valence-corrected chi connectivity index (χ1v) is 23.3. The third-order valence-corrected chi connectivity index (χ3v) is 10.8. The molecule has 0 aromatic heterocycles. The largest absolute Gasteiger partial charge is 0.491 e. The van der Waals surface area contributed by atoms with Gasteiger partial charge in [0.2, 0.25) is 0 Å². The van der Waals surface area contributed by atoms with Crippen molar-refractivity contribution in [2.24, 2.45) is 0 Å². The first kappa shape index (κ1) is 51.9. The number of benzene rings is 5. The molecule has 0 spiro atoms. The van der Waals surface area contributed by atoms with E-state index in [1.807, 2.05) is 12.1 Å². The van der Waals surface area contributed by atoms with Crippen molar-refractivity contribution in [3.05, 3.63) is 166 Å². The van der Waals surface area contributed by atoms with E-state index in [1.165, 1.54) is 44.5 Å². The van der Waals surface area contributed by atoms with Crippen LogP contribution in [0.1, 0.15) is 57.3 Å². The zero-order valence-corrected chi connectivity index (χ0v) is 39.3. The monoisotopic (exact) mass is 902 g/mol. The Morgan fingerprint density at radius 2 is 0.682 bits per heavy atom. The normalized spacial score (nSPS) is 11.3. The van der Waals surface area contributed by atoms with Gasteiger partial charge in [-0.3, -0.25) is 0 Å². The van der Waals surface area contributed by atoms with E-state index in [9.17, 15) is 0 Å². The lowest BCUT2D eigenvalue weighted by molar-refractivity contribution is -0.0107. The zero-order chi connectivity index (χ0) is 46.3. The van der Waals surface area contributed by atoms with Crippen LogP contribution in [0.5, 0.6) is 11.5 Å². The number of rotatable bonds is 33. The second-order valence-corrected chi connectivity index (χ2v) is 15.9. The summed E-state index contributed by atoms with van der Waals surface area (Å²) in [7, 11) is 0. The number of ether oxygens (including phenoxy) is 9. The molecule has 5 aromatic rings. The molecule has 0 aliphatic rings. The minimum Gasteiger partial charge on any atom is -0.491 e. The Hall–Kier alpha value is -5.06. The molecule has 10 heteroatoms. The van der Waals surface area contributed by atoms with Crippen LogP contribution >= 0.6 is 0 Å². The van der Waals surface area contributed by atoms with Crippen molar-refractivity contribution < 1.29 is 47.7 Å². The molecule has 10 nitrogen and oxygen atoms in total. The molecule has 5 rings (SSSR count). The molecule has 1 N–H and O–H groups in total. The van der Waals surface area contributed by atoms with E-state index in [4.69, 9.17) is 47.7 Å². The summed E-state index contributed by atoms with van der Waals surface area (Å²) >= 11 is 0. The number of aryl methyl sites for hydroxylation is 4. The second-order valence-electron chi connectivity index (χ2n) is 15.9. The molecule has 0 aliphatic carbocycles. The maximum absolute atomic E-state index is 8.59. The average molecular weight is 903 g/mol. The van der Waals surface area contributed by atoms with E-state index in [0.29, 0.717) is 112 Å². The topological polar surface area (TPSA) is 103 Å². The molecule has 0 saturated heterocycles. The summed E-state index contributed by atoms with van der Waals surface area (Å²) in [5.74, 6) is 7.01. The Kier molecular flexibility index (Phi) is 24.4. The molecular weight excluding hydrogens is 833 g/mol. The van der Waals surface area contributed by atoms with Crippen LogP contribution in [-0.2, 0) is 45.0 Å². The Morgan fingerprint density at radius 3 is 1.06 bits per heavy atom. The molecule has 0 unspecified atom stereocenters. The van der Waals surface area contributed by atoms with Crippen molar-refractivity contribution in [1.29, 1.82) is 0 Å². The minimum atomic E-state index is -0.506. The summed E-state index contributed by atoms with van der Waals surface area (Å²) in [6.07, 6.45) is 2.47. The van der Waals surface area contributed by atoms with E-state index in [0.717, 1.165) is 24.3 Å². The molecule has 66 heavy (non-hydrogen) atoms. The van der Waals surface area contributed by atoms with Gasteiger partial charge in [-0.1, -0.05) is 126 Å². The average Bonchev–Trinajstić information content (AvgIpc) is 3.34. The van der Waals surface area contributed by atoms with Crippen molar-refractivity contribution in [3.8, 4) is 23.3 Å². The van der Waals surface area contributed by atoms with Crippen molar-refractivity contribution in [1.82, 2.24) is 0 Å². The van der Waals surface area contributed by atoms with Gasteiger partial charge >= 0.3 is 0 Å². The molecule has 0 bridgehead atoms. The molecule has 0 aliphatic heterocycles.